The van der Waals surface area contributed by atoms with Gasteiger partial charge in [0.05, 0.1) is 6.10 Å². The molecular weight excluding hydrogens is 176 g/mol. The van der Waals surface area contributed by atoms with Crippen LogP contribution in [0.1, 0.15) is 6.92 Å². The van der Waals surface area contributed by atoms with E-state index in [1.807, 2.05) is 4.98 Å². The zero-order valence-corrected chi connectivity index (χ0v) is 7.00. The number of aliphatic hydroxyl groups excluding tert-OH is 1. The predicted molar refractivity (Wildman–Crippen MR) is 45.6 cm³/mol. The summed E-state index contributed by atoms with van der Waals surface area (Å²) in [6.45, 7) is 1.76. The molecule has 0 aliphatic rings. The maximum Gasteiger partial charge on any atom is 0.342 e. The van der Waals surface area contributed by atoms with E-state index in [1.165, 1.54) is 0 Å². The molecular formula is C6H10N4O3. The van der Waals surface area contributed by atoms with Gasteiger partial charge in [-0.2, -0.15) is 0 Å². The van der Waals surface area contributed by atoms with Crippen molar-refractivity contribution in [3.05, 3.63) is 20.8 Å². The van der Waals surface area contributed by atoms with Crippen molar-refractivity contribution in [3.63, 3.8) is 0 Å². The summed E-state index contributed by atoms with van der Waals surface area (Å²) in [6, 6.07) is 0. The van der Waals surface area contributed by atoms with Crippen LogP contribution in [0.3, 0.4) is 0 Å². The highest BCUT2D eigenvalue weighted by Crippen LogP contribution is 1.87. The van der Waals surface area contributed by atoms with Crippen molar-refractivity contribution < 1.29 is 5.11 Å². The fraction of sp³-hybridized carbons (Fsp3) is 0.500. The molecule has 0 unspecified atom stereocenters. The monoisotopic (exact) mass is 186 g/mol. The molecule has 1 atom stereocenters. The first-order chi connectivity index (χ1) is 6.09. The number of rotatable bonds is 3. The molecule has 1 rings (SSSR count). The molecule has 0 aromatic carbocycles. The molecule has 0 fully saturated rings. The standard InChI is InChI=1S/C6H10N4O3/c1-3(11)2-7-4-5(12)8-6(13)10-9-4/h3,11H,2H2,1H3,(H,7,9)(H2,8,10,12,13)/t3-/m1/s1. The molecule has 13 heavy (non-hydrogen) atoms. The SMILES string of the molecule is C[C@@H](O)CNc1n[nH]c(=O)[nH]c1=O. The first-order valence-corrected chi connectivity index (χ1v) is 3.70. The van der Waals surface area contributed by atoms with Gasteiger partial charge in [0.1, 0.15) is 0 Å². The van der Waals surface area contributed by atoms with Gasteiger partial charge in [0, 0.05) is 6.54 Å². The first kappa shape index (κ1) is 9.46. The third-order valence-corrected chi connectivity index (χ3v) is 1.28. The molecule has 1 heterocycles. The smallest absolute Gasteiger partial charge is 0.342 e. The summed E-state index contributed by atoms with van der Waals surface area (Å²) in [5.74, 6) is -0.0134. The summed E-state index contributed by atoms with van der Waals surface area (Å²) in [7, 11) is 0. The second kappa shape index (κ2) is 3.85. The molecule has 1 aromatic rings. The number of H-pyrrole nitrogens is 2. The molecule has 0 spiro atoms. The van der Waals surface area contributed by atoms with Crippen molar-refractivity contribution in [2.75, 3.05) is 11.9 Å². The Morgan fingerprint density at radius 1 is 1.62 bits per heavy atom. The minimum atomic E-state index is -0.660. The van der Waals surface area contributed by atoms with Crippen molar-refractivity contribution in [3.8, 4) is 0 Å². The van der Waals surface area contributed by atoms with Gasteiger partial charge in [-0.3, -0.25) is 9.78 Å². The second-order valence-electron chi connectivity index (χ2n) is 2.59. The quantitative estimate of drug-likeness (QED) is 0.447. The lowest BCUT2D eigenvalue weighted by Gasteiger charge is -2.04. The Morgan fingerprint density at radius 2 is 2.31 bits per heavy atom. The lowest BCUT2D eigenvalue weighted by Crippen LogP contribution is -2.29. The summed E-state index contributed by atoms with van der Waals surface area (Å²) in [5, 5.41) is 17.0. The van der Waals surface area contributed by atoms with E-state index < -0.39 is 17.4 Å². The number of anilines is 1. The van der Waals surface area contributed by atoms with E-state index in [2.05, 4.69) is 15.5 Å². The Bertz CT molecular complexity index is 380. The summed E-state index contributed by atoms with van der Waals surface area (Å²) in [6.07, 6.45) is -0.590. The van der Waals surface area contributed by atoms with Gasteiger partial charge in [0.15, 0.2) is 0 Å². The van der Waals surface area contributed by atoms with Crippen molar-refractivity contribution in [2.24, 2.45) is 0 Å². The Labute approximate surface area is 72.8 Å². The number of nitrogens with zero attached hydrogens (tertiary/aromatic N) is 1. The molecule has 7 nitrogen and oxygen atoms in total. The Kier molecular flexibility index (Phi) is 2.80. The molecule has 0 saturated carbocycles. The molecule has 0 saturated heterocycles. The van der Waals surface area contributed by atoms with Crippen LogP contribution in [0.2, 0.25) is 0 Å². The first-order valence-electron chi connectivity index (χ1n) is 3.70. The van der Waals surface area contributed by atoms with Gasteiger partial charge < -0.3 is 10.4 Å². The maximum atomic E-state index is 11.0. The predicted octanol–water partition coefficient (Wildman–Crippen LogP) is -1.75. The topological polar surface area (TPSA) is 111 Å². The van der Waals surface area contributed by atoms with Crippen LogP contribution in [0.4, 0.5) is 5.82 Å². The van der Waals surface area contributed by atoms with E-state index in [4.69, 9.17) is 5.11 Å². The van der Waals surface area contributed by atoms with Crippen LogP contribution in [-0.4, -0.2) is 32.9 Å². The highest BCUT2D eigenvalue weighted by molar-refractivity contribution is 5.28. The Balaban J connectivity index is 2.79. The number of hydrogen-bond donors (Lipinski definition) is 4. The van der Waals surface area contributed by atoms with Gasteiger partial charge in [-0.1, -0.05) is 0 Å². The van der Waals surface area contributed by atoms with Crippen LogP contribution in [0.5, 0.6) is 0 Å². The van der Waals surface area contributed by atoms with Gasteiger partial charge in [0.25, 0.3) is 5.56 Å². The molecule has 72 valence electrons. The summed E-state index contributed by atoms with van der Waals surface area (Å²) < 4.78 is 0. The zero-order valence-electron chi connectivity index (χ0n) is 7.00. The fourth-order valence-electron chi connectivity index (χ4n) is 0.712. The molecule has 0 amide bonds. The van der Waals surface area contributed by atoms with Gasteiger partial charge in [-0.15, -0.1) is 5.10 Å². The third-order valence-electron chi connectivity index (χ3n) is 1.28. The molecule has 0 aliphatic carbocycles. The normalized spacial score (nSPS) is 12.5. The van der Waals surface area contributed by atoms with Gasteiger partial charge >= 0.3 is 5.69 Å². The van der Waals surface area contributed by atoms with Crippen molar-refractivity contribution in [2.45, 2.75) is 13.0 Å². The number of aromatic nitrogens is 3. The summed E-state index contributed by atoms with van der Waals surface area (Å²) in [5.41, 5.74) is -1.27. The molecule has 0 radical (unpaired) electrons. The van der Waals surface area contributed by atoms with Crippen LogP contribution >= 0.6 is 0 Å². The van der Waals surface area contributed by atoms with Crippen LogP contribution in [0.15, 0.2) is 9.59 Å². The molecule has 4 N–H and O–H groups in total. The Morgan fingerprint density at radius 3 is 2.85 bits per heavy atom. The van der Waals surface area contributed by atoms with Crippen LogP contribution in [-0.2, 0) is 0 Å². The fourth-order valence-corrected chi connectivity index (χ4v) is 0.712. The van der Waals surface area contributed by atoms with Gasteiger partial charge in [-0.05, 0) is 6.92 Å². The van der Waals surface area contributed by atoms with E-state index >= 15 is 0 Å². The second-order valence-corrected chi connectivity index (χ2v) is 2.59. The lowest BCUT2D eigenvalue weighted by molar-refractivity contribution is 0.208. The minimum Gasteiger partial charge on any atom is -0.392 e. The van der Waals surface area contributed by atoms with Crippen LogP contribution in [0, 0.1) is 0 Å². The minimum absolute atomic E-state index is 0.0134. The summed E-state index contributed by atoms with van der Waals surface area (Å²) in [4.78, 5) is 23.5. The average molecular weight is 186 g/mol. The lowest BCUT2D eigenvalue weighted by atomic mass is 10.4. The van der Waals surface area contributed by atoms with Crippen LogP contribution < -0.4 is 16.6 Å². The molecule has 0 aliphatic heterocycles. The zero-order chi connectivity index (χ0) is 9.84. The van der Waals surface area contributed by atoms with E-state index in [0.717, 1.165) is 0 Å². The molecule has 7 heteroatoms. The van der Waals surface area contributed by atoms with E-state index in [9.17, 15) is 9.59 Å². The number of nitrogens with one attached hydrogen (secondary N) is 3. The van der Waals surface area contributed by atoms with E-state index in [1.54, 1.807) is 6.92 Å². The molecule has 1 aromatic heterocycles. The Hall–Kier alpha value is -1.63. The van der Waals surface area contributed by atoms with Gasteiger partial charge in [0.2, 0.25) is 5.82 Å². The van der Waals surface area contributed by atoms with Crippen LogP contribution in [0.25, 0.3) is 0 Å². The molecule has 0 bridgehead atoms. The third kappa shape index (κ3) is 2.71. The number of aliphatic hydroxyl groups is 1. The van der Waals surface area contributed by atoms with Gasteiger partial charge in [-0.25, -0.2) is 9.89 Å². The van der Waals surface area contributed by atoms with Crippen molar-refractivity contribution >= 4 is 5.82 Å². The highest BCUT2D eigenvalue weighted by atomic mass is 16.3. The van der Waals surface area contributed by atoms with E-state index in [-0.39, 0.29) is 12.4 Å². The summed E-state index contributed by atoms with van der Waals surface area (Å²) >= 11 is 0. The number of hydrogen-bond acceptors (Lipinski definition) is 5. The van der Waals surface area contributed by atoms with Crippen molar-refractivity contribution in [1.82, 2.24) is 15.2 Å². The number of aromatic amines is 2. The average Bonchev–Trinajstić information content (AvgIpc) is 2.02. The highest BCUT2D eigenvalue weighted by Gasteiger charge is 2.02. The van der Waals surface area contributed by atoms with E-state index in [0.29, 0.717) is 0 Å². The van der Waals surface area contributed by atoms with Crippen molar-refractivity contribution in [1.29, 1.82) is 0 Å². The largest absolute Gasteiger partial charge is 0.392 e. The maximum absolute atomic E-state index is 11.0.